The van der Waals surface area contributed by atoms with E-state index >= 15 is 0 Å². The number of rotatable bonds is 1. The molecule has 90 valence electrons. The van der Waals surface area contributed by atoms with Gasteiger partial charge in [0.15, 0.2) is 17.2 Å². The van der Waals surface area contributed by atoms with Crippen molar-refractivity contribution in [1.29, 1.82) is 0 Å². The molecule has 2 aromatic carbocycles. The quantitative estimate of drug-likeness (QED) is 0.670. The van der Waals surface area contributed by atoms with Gasteiger partial charge in [0, 0.05) is 23.4 Å². The van der Waals surface area contributed by atoms with E-state index in [2.05, 4.69) is 4.98 Å². The fraction of sp³-hybridized carbons (Fsp3) is 0. The molecule has 0 aliphatic rings. The van der Waals surface area contributed by atoms with Crippen LogP contribution >= 0.6 is 0 Å². The van der Waals surface area contributed by atoms with Gasteiger partial charge >= 0.3 is 0 Å². The average molecular weight is 246 g/mol. The molecule has 1 heterocycles. The Morgan fingerprint density at radius 2 is 1.83 bits per heavy atom. The number of oxazole rings is 1. The van der Waals surface area contributed by atoms with Crippen LogP contribution in [-0.2, 0) is 0 Å². The van der Waals surface area contributed by atoms with E-state index in [9.17, 15) is 8.78 Å². The predicted molar refractivity (Wildman–Crippen MR) is 63.8 cm³/mol. The molecule has 3 nitrogen and oxygen atoms in total. The van der Waals surface area contributed by atoms with Gasteiger partial charge in [0.05, 0.1) is 0 Å². The number of benzene rings is 2. The van der Waals surface area contributed by atoms with Crippen LogP contribution in [0.25, 0.3) is 22.6 Å². The second kappa shape index (κ2) is 3.80. The van der Waals surface area contributed by atoms with Crippen LogP contribution in [0.15, 0.2) is 40.8 Å². The predicted octanol–water partition coefficient (Wildman–Crippen LogP) is 3.36. The summed E-state index contributed by atoms with van der Waals surface area (Å²) in [6.07, 6.45) is 0. The van der Waals surface area contributed by atoms with Crippen molar-refractivity contribution in [3.63, 3.8) is 0 Å². The molecule has 0 unspecified atom stereocenters. The molecule has 0 saturated heterocycles. The van der Waals surface area contributed by atoms with E-state index < -0.39 is 11.6 Å². The van der Waals surface area contributed by atoms with E-state index in [0.29, 0.717) is 11.3 Å². The van der Waals surface area contributed by atoms with Crippen molar-refractivity contribution in [3.8, 4) is 11.5 Å². The smallest absolute Gasteiger partial charge is 0.227 e. The molecule has 0 bridgehead atoms. The van der Waals surface area contributed by atoms with E-state index in [4.69, 9.17) is 10.2 Å². The highest BCUT2D eigenvalue weighted by atomic mass is 19.2. The van der Waals surface area contributed by atoms with Gasteiger partial charge in [0.1, 0.15) is 5.52 Å². The fourth-order valence-corrected chi connectivity index (χ4v) is 1.72. The molecule has 3 rings (SSSR count). The Bertz CT molecular complexity index is 698. The third kappa shape index (κ3) is 1.69. The molecule has 0 aliphatic carbocycles. The van der Waals surface area contributed by atoms with Gasteiger partial charge in [0.25, 0.3) is 0 Å². The van der Waals surface area contributed by atoms with Gasteiger partial charge in [-0.2, -0.15) is 0 Å². The van der Waals surface area contributed by atoms with Crippen molar-refractivity contribution in [2.24, 2.45) is 0 Å². The molecule has 0 amide bonds. The van der Waals surface area contributed by atoms with Crippen molar-refractivity contribution in [2.75, 3.05) is 5.73 Å². The highest BCUT2D eigenvalue weighted by molar-refractivity contribution is 5.76. The molecule has 18 heavy (non-hydrogen) atoms. The van der Waals surface area contributed by atoms with E-state index in [-0.39, 0.29) is 17.0 Å². The molecular weight excluding hydrogens is 238 g/mol. The number of halogens is 2. The molecular formula is C13H8F2N2O. The summed E-state index contributed by atoms with van der Waals surface area (Å²) in [5, 5.41) is 0. The average Bonchev–Trinajstić information content (AvgIpc) is 2.73. The summed E-state index contributed by atoms with van der Waals surface area (Å²) in [7, 11) is 0. The Labute approximate surface area is 101 Å². The van der Waals surface area contributed by atoms with Gasteiger partial charge in [-0.15, -0.1) is 0 Å². The number of nitrogen functional groups attached to an aromatic ring is 1. The number of nitrogens with two attached hydrogens (primary N) is 1. The number of anilines is 1. The maximum Gasteiger partial charge on any atom is 0.227 e. The minimum atomic E-state index is -0.960. The Balaban J connectivity index is 2.19. The van der Waals surface area contributed by atoms with E-state index in [1.165, 1.54) is 0 Å². The minimum Gasteiger partial charge on any atom is -0.436 e. The molecule has 0 radical (unpaired) electrons. The second-order valence-electron chi connectivity index (χ2n) is 3.88. The van der Waals surface area contributed by atoms with E-state index in [1.54, 1.807) is 24.3 Å². The summed E-state index contributed by atoms with van der Waals surface area (Å²) >= 11 is 0. The zero-order valence-corrected chi connectivity index (χ0v) is 9.15. The number of hydrogen-bond donors (Lipinski definition) is 1. The van der Waals surface area contributed by atoms with Gasteiger partial charge in [-0.25, -0.2) is 13.8 Å². The number of fused-ring (bicyclic) bond motifs is 1. The molecule has 0 saturated carbocycles. The van der Waals surface area contributed by atoms with Crippen LogP contribution in [0, 0.1) is 11.6 Å². The molecule has 0 atom stereocenters. The Hall–Kier alpha value is -2.43. The molecule has 2 N–H and O–H groups in total. The molecule has 0 spiro atoms. The summed E-state index contributed by atoms with van der Waals surface area (Å²) in [6.45, 7) is 0. The summed E-state index contributed by atoms with van der Waals surface area (Å²) in [4.78, 5) is 4.10. The first-order chi connectivity index (χ1) is 8.63. The first kappa shape index (κ1) is 10.7. The molecule has 5 heteroatoms. The summed E-state index contributed by atoms with van der Waals surface area (Å²) < 4.78 is 31.5. The first-order valence-electron chi connectivity index (χ1n) is 5.25. The van der Waals surface area contributed by atoms with Crippen LogP contribution in [0.1, 0.15) is 0 Å². The largest absolute Gasteiger partial charge is 0.436 e. The molecule has 0 fully saturated rings. The summed E-state index contributed by atoms with van der Waals surface area (Å²) in [6, 6.07) is 8.90. The number of nitrogens with zero attached hydrogens (tertiary/aromatic N) is 1. The third-order valence-electron chi connectivity index (χ3n) is 2.56. The van der Waals surface area contributed by atoms with Crippen LogP contribution in [0.5, 0.6) is 0 Å². The minimum absolute atomic E-state index is 0.200. The monoisotopic (exact) mass is 246 g/mol. The fourth-order valence-electron chi connectivity index (χ4n) is 1.72. The van der Waals surface area contributed by atoms with Crippen LogP contribution in [0.3, 0.4) is 0 Å². The van der Waals surface area contributed by atoms with Gasteiger partial charge < -0.3 is 10.2 Å². The standard InChI is InChI=1S/C13H8F2N2O/c14-9-5-11-12(6-10(9)15)18-13(17-11)7-2-1-3-8(16)4-7/h1-6H,16H2. The lowest BCUT2D eigenvalue weighted by Gasteiger charge is -1.95. The van der Waals surface area contributed by atoms with Crippen molar-refractivity contribution in [1.82, 2.24) is 4.98 Å². The summed E-state index contributed by atoms with van der Waals surface area (Å²) in [5.74, 6) is -1.63. The second-order valence-corrected chi connectivity index (χ2v) is 3.88. The van der Waals surface area contributed by atoms with Crippen LogP contribution in [0.2, 0.25) is 0 Å². The van der Waals surface area contributed by atoms with Crippen molar-refractivity contribution in [3.05, 3.63) is 48.0 Å². The maximum atomic E-state index is 13.0. The SMILES string of the molecule is Nc1cccc(-c2nc3cc(F)c(F)cc3o2)c1. The van der Waals surface area contributed by atoms with E-state index in [1.807, 2.05) is 0 Å². The van der Waals surface area contributed by atoms with Crippen molar-refractivity contribution < 1.29 is 13.2 Å². The van der Waals surface area contributed by atoms with Crippen molar-refractivity contribution >= 4 is 16.8 Å². The first-order valence-corrected chi connectivity index (χ1v) is 5.25. The lowest BCUT2D eigenvalue weighted by atomic mass is 10.2. The van der Waals surface area contributed by atoms with Gasteiger partial charge in [-0.1, -0.05) is 6.07 Å². The zero-order valence-electron chi connectivity index (χ0n) is 9.15. The highest BCUT2D eigenvalue weighted by Gasteiger charge is 2.12. The van der Waals surface area contributed by atoms with Crippen LogP contribution < -0.4 is 5.73 Å². The molecule has 0 aliphatic heterocycles. The number of hydrogen-bond acceptors (Lipinski definition) is 3. The lowest BCUT2D eigenvalue weighted by molar-refractivity contribution is 0.507. The van der Waals surface area contributed by atoms with Crippen LogP contribution in [-0.4, -0.2) is 4.98 Å². The zero-order chi connectivity index (χ0) is 12.7. The van der Waals surface area contributed by atoms with Gasteiger partial charge in [0.2, 0.25) is 5.89 Å². The van der Waals surface area contributed by atoms with Crippen LogP contribution in [0.4, 0.5) is 14.5 Å². The topological polar surface area (TPSA) is 52.0 Å². The Morgan fingerprint density at radius 1 is 1.06 bits per heavy atom. The lowest BCUT2D eigenvalue weighted by Crippen LogP contribution is -1.84. The highest BCUT2D eigenvalue weighted by Crippen LogP contribution is 2.26. The van der Waals surface area contributed by atoms with E-state index in [0.717, 1.165) is 12.1 Å². The molecule has 3 aromatic rings. The maximum absolute atomic E-state index is 13.0. The Kier molecular flexibility index (Phi) is 2.26. The normalized spacial score (nSPS) is 11.0. The molecule has 1 aromatic heterocycles. The van der Waals surface area contributed by atoms with Crippen molar-refractivity contribution in [2.45, 2.75) is 0 Å². The Morgan fingerprint density at radius 3 is 2.61 bits per heavy atom. The number of aromatic nitrogens is 1. The third-order valence-corrected chi connectivity index (χ3v) is 2.56. The summed E-state index contributed by atoms with van der Waals surface area (Å²) in [5.41, 5.74) is 7.34. The van der Waals surface area contributed by atoms with Gasteiger partial charge in [-0.3, -0.25) is 0 Å². The van der Waals surface area contributed by atoms with Gasteiger partial charge in [-0.05, 0) is 18.2 Å².